The third-order valence-corrected chi connectivity index (χ3v) is 20.7. The van der Waals surface area contributed by atoms with Crippen LogP contribution in [0.5, 0.6) is 0 Å². The first-order valence-corrected chi connectivity index (χ1v) is 28.9. The van der Waals surface area contributed by atoms with Crippen LogP contribution < -0.4 is 0 Å². The molecule has 2 saturated carbocycles. The highest BCUT2D eigenvalue weighted by molar-refractivity contribution is 8.30. The minimum absolute atomic E-state index is 0.116. The van der Waals surface area contributed by atoms with E-state index in [-0.39, 0.29) is 26.4 Å². The molecule has 0 radical (unpaired) electrons. The quantitative estimate of drug-likeness (QED) is 0.0248. The molecule has 10 heteroatoms. The van der Waals surface area contributed by atoms with Crippen molar-refractivity contribution in [1.29, 1.82) is 0 Å². The summed E-state index contributed by atoms with van der Waals surface area (Å²) in [5.74, 6) is 3.57. The highest BCUT2D eigenvalue weighted by Gasteiger charge is 2.41. The number of hydrogen-bond acceptors (Lipinski definition) is 7. The molecule has 0 saturated heterocycles. The zero-order valence-corrected chi connectivity index (χ0v) is 40.7. The summed E-state index contributed by atoms with van der Waals surface area (Å²) < 4.78 is 21.3. The van der Waals surface area contributed by atoms with Crippen molar-refractivity contribution >= 4 is 27.9 Å². The lowest BCUT2D eigenvalue weighted by Gasteiger charge is -2.45. The maximum Gasteiger partial charge on any atom is 0.660 e. The van der Waals surface area contributed by atoms with Gasteiger partial charge in [0.25, 0.3) is 0 Å². The number of benzene rings is 5. The molecule has 2 aliphatic rings. The lowest BCUT2D eigenvalue weighted by Crippen LogP contribution is -2.37. The average molecular weight is 935 g/mol. The van der Waals surface area contributed by atoms with E-state index in [2.05, 4.69) is 140 Å². The monoisotopic (exact) mass is 935 g/mol. The van der Waals surface area contributed by atoms with Crippen LogP contribution in [0, 0.1) is 0 Å². The first-order valence-electron chi connectivity index (χ1n) is 24.7. The Morgan fingerprint density at radius 1 is 0.455 bits per heavy atom. The van der Waals surface area contributed by atoms with Gasteiger partial charge in [-0.15, -0.1) is 20.6 Å². The van der Waals surface area contributed by atoms with Crippen molar-refractivity contribution in [1.82, 2.24) is 0 Å². The van der Waals surface area contributed by atoms with Crippen LogP contribution in [-0.4, -0.2) is 83.8 Å². The van der Waals surface area contributed by atoms with E-state index in [9.17, 15) is 20.4 Å². The lowest BCUT2D eigenvalue weighted by atomic mass is 9.67. The SMILES string of the molecule is OCCS(CCO)(Cc1ccc(C2CCCCC2)cc1)OB(OCCCC(c1ccccc1)(c1ccccc1)c1ccccc1)OS(CCO)(CCO)Cc1ccc(C2CCCCC2)cc1. The van der Waals surface area contributed by atoms with Gasteiger partial charge in [-0.05, 0) is 89.3 Å². The summed E-state index contributed by atoms with van der Waals surface area (Å²) in [5.41, 5.74) is 8.04. The van der Waals surface area contributed by atoms with E-state index in [1.165, 1.54) is 92.0 Å². The molecule has 0 unspecified atom stereocenters. The van der Waals surface area contributed by atoms with Gasteiger partial charge in [0.2, 0.25) is 0 Å². The second-order valence-corrected chi connectivity index (χ2v) is 25.0. The van der Waals surface area contributed by atoms with Gasteiger partial charge in [0.1, 0.15) is 0 Å². The third kappa shape index (κ3) is 13.4. The van der Waals surface area contributed by atoms with E-state index >= 15 is 0 Å². The zero-order valence-electron chi connectivity index (χ0n) is 39.1. The number of aliphatic hydroxyl groups is 4. The molecular formula is C56H75BO7S2. The summed E-state index contributed by atoms with van der Waals surface area (Å²) in [6.07, 6.45) is 14.0. The van der Waals surface area contributed by atoms with E-state index in [0.717, 1.165) is 17.5 Å². The molecule has 7 rings (SSSR count). The van der Waals surface area contributed by atoms with Crippen molar-refractivity contribution in [3.05, 3.63) is 178 Å². The van der Waals surface area contributed by atoms with Gasteiger partial charge >= 0.3 is 7.32 Å². The standard InChI is InChI=1S/C56H75BO7S2/c58-36-41-65(42-37-59,45-47-27-31-51(32-28-47)49-17-6-1-7-18-49)63-57(64-66(43-38-60,44-39-61)46-48-29-33-52(34-30-48)50-19-8-2-9-20-50)62-40-16-35-56(53-21-10-3-11-22-53,54-23-12-4-13-24-54)55-25-14-5-15-26-55/h3-5,10-15,21-34,49-50,58-61H,1-2,6-9,16-20,35-46H2. The molecule has 7 nitrogen and oxygen atoms in total. The minimum atomic E-state index is -2.24. The van der Waals surface area contributed by atoms with Crippen molar-refractivity contribution in [2.24, 2.45) is 0 Å². The van der Waals surface area contributed by atoms with Crippen molar-refractivity contribution < 1.29 is 33.3 Å². The summed E-state index contributed by atoms with van der Waals surface area (Å²) in [4.78, 5) is 0. The van der Waals surface area contributed by atoms with Crippen molar-refractivity contribution in [3.63, 3.8) is 0 Å². The molecule has 5 aromatic rings. The highest BCUT2D eigenvalue weighted by Crippen LogP contribution is 2.57. The number of rotatable bonds is 26. The third-order valence-electron chi connectivity index (χ3n) is 14.1. The summed E-state index contributed by atoms with van der Waals surface area (Å²) in [6, 6.07) is 49.9. The molecule has 4 N–H and O–H groups in total. The lowest BCUT2D eigenvalue weighted by molar-refractivity contribution is 0.203. The Balaban J connectivity index is 1.20. The van der Waals surface area contributed by atoms with Crippen molar-refractivity contribution in [2.75, 3.05) is 56.0 Å². The van der Waals surface area contributed by atoms with Crippen LogP contribution in [0.1, 0.15) is 128 Å². The van der Waals surface area contributed by atoms with E-state index < -0.39 is 33.4 Å². The Bertz CT molecular complexity index is 1900. The Kier molecular flexibility index (Phi) is 19.7. The summed E-state index contributed by atoms with van der Waals surface area (Å²) in [5, 5.41) is 42.8. The summed E-state index contributed by atoms with van der Waals surface area (Å²) >= 11 is 0. The first-order chi connectivity index (χ1) is 32.4. The summed E-state index contributed by atoms with van der Waals surface area (Å²) in [6.45, 7) is -0.168. The maximum absolute atomic E-state index is 10.7. The molecule has 0 bridgehead atoms. The molecule has 2 fully saturated rings. The van der Waals surface area contributed by atoms with E-state index in [4.69, 9.17) is 12.9 Å². The Hall–Kier alpha value is -3.42. The molecule has 0 aliphatic heterocycles. The predicted octanol–water partition coefficient (Wildman–Crippen LogP) is 11.7. The Morgan fingerprint density at radius 3 is 1.14 bits per heavy atom. The van der Waals surface area contributed by atoms with Gasteiger partial charge in [0.15, 0.2) is 0 Å². The summed E-state index contributed by atoms with van der Waals surface area (Å²) in [7, 11) is -5.64. The van der Waals surface area contributed by atoms with Crippen LogP contribution in [0.25, 0.3) is 0 Å². The molecule has 0 amide bonds. The Morgan fingerprint density at radius 2 is 0.803 bits per heavy atom. The zero-order chi connectivity index (χ0) is 45.9. The highest BCUT2D eigenvalue weighted by atomic mass is 32.3. The fourth-order valence-corrected chi connectivity index (χ4v) is 16.0. The van der Waals surface area contributed by atoms with Crippen molar-refractivity contribution in [2.45, 2.75) is 106 Å². The van der Waals surface area contributed by atoms with E-state index in [1.54, 1.807) is 0 Å². The second kappa shape index (κ2) is 25.8. The number of aliphatic hydroxyl groups excluding tert-OH is 4. The molecule has 5 aromatic carbocycles. The maximum atomic E-state index is 10.7. The second-order valence-electron chi connectivity index (χ2n) is 18.5. The van der Waals surface area contributed by atoms with Gasteiger partial charge in [0.05, 0.1) is 26.4 Å². The molecule has 0 aromatic heterocycles. The van der Waals surface area contributed by atoms with Crippen LogP contribution in [0.3, 0.4) is 0 Å². The van der Waals surface area contributed by atoms with Gasteiger partial charge in [-0.1, -0.05) is 178 Å². The smallest absolute Gasteiger partial charge is 0.395 e. The topological polar surface area (TPSA) is 109 Å². The molecule has 356 valence electrons. The predicted molar refractivity (Wildman–Crippen MR) is 277 cm³/mol. The average Bonchev–Trinajstić information content (AvgIpc) is 3.36. The van der Waals surface area contributed by atoms with E-state index in [0.29, 0.717) is 59.4 Å². The molecule has 0 atom stereocenters. The molecule has 2 aliphatic carbocycles. The van der Waals surface area contributed by atoms with Gasteiger partial charge in [0, 0.05) is 46.5 Å². The molecular weight excluding hydrogens is 860 g/mol. The molecule has 66 heavy (non-hydrogen) atoms. The first kappa shape index (κ1) is 50.5. The minimum Gasteiger partial charge on any atom is -0.395 e. The van der Waals surface area contributed by atoms with Crippen LogP contribution in [0.4, 0.5) is 0 Å². The van der Waals surface area contributed by atoms with Crippen LogP contribution in [-0.2, 0) is 29.8 Å². The van der Waals surface area contributed by atoms with Gasteiger partial charge in [-0.25, -0.2) is 0 Å². The molecule has 0 heterocycles. The van der Waals surface area contributed by atoms with Crippen LogP contribution in [0.2, 0.25) is 0 Å². The number of hydrogen-bond donors (Lipinski definition) is 4. The Labute approximate surface area is 399 Å². The van der Waals surface area contributed by atoms with Crippen LogP contribution >= 0.6 is 20.6 Å². The molecule has 0 spiro atoms. The normalized spacial score (nSPS) is 16.0. The fraction of sp³-hybridized carbons (Fsp3) is 0.464. The van der Waals surface area contributed by atoms with Gasteiger partial charge in [-0.2, -0.15) is 0 Å². The van der Waals surface area contributed by atoms with E-state index in [1.807, 2.05) is 0 Å². The fourth-order valence-electron chi connectivity index (χ4n) is 10.7. The van der Waals surface area contributed by atoms with Crippen LogP contribution in [0.15, 0.2) is 140 Å². The van der Waals surface area contributed by atoms with Gasteiger partial charge < -0.3 is 33.3 Å². The van der Waals surface area contributed by atoms with Gasteiger partial charge in [-0.3, -0.25) is 0 Å². The largest absolute Gasteiger partial charge is 0.660 e. The van der Waals surface area contributed by atoms with Crippen molar-refractivity contribution in [3.8, 4) is 0 Å².